The van der Waals surface area contributed by atoms with E-state index in [9.17, 15) is 19.1 Å². The van der Waals surface area contributed by atoms with Gasteiger partial charge in [0.1, 0.15) is 29.4 Å². The first kappa shape index (κ1) is 27.3. The van der Waals surface area contributed by atoms with Gasteiger partial charge in [-0.15, -0.1) is 0 Å². The number of nitrogen functional groups attached to an aromatic ring is 1. The van der Waals surface area contributed by atoms with Crippen LogP contribution in [0.25, 0.3) is 22.4 Å². The van der Waals surface area contributed by atoms with Crippen molar-refractivity contribution in [1.82, 2.24) is 24.7 Å². The van der Waals surface area contributed by atoms with Gasteiger partial charge in [-0.1, -0.05) is 29.8 Å². The largest absolute Gasteiger partial charge is 0.481 e. The summed E-state index contributed by atoms with van der Waals surface area (Å²) in [6.07, 6.45) is 1.43. The molecule has 5 aromatic rings. The highest BCUT2D eigenvalue weighted by atomic mass is 35.5. The Morgan fingerprint density at radius 1 is 1.21 bits per heavy atom. The highest BCUT2D eigenvalue weighted by molar-refractivity contribution is 6.31. The number of nitrogens with one attached hydrogen (secondary N) is 1. The van der Waals surface area contributed by atoms with Crippen LogP contribution >= 0.6 is 11.6 Å². The number of oxazole rings is 1. The minimum Gasteiger partial charge on any atom is -0.481 e. The number of carboxylic acid groups (broad SMARTS) is 1. The molecule has 1 atom stereocenters. The second-order valence-electron chi connectivity index (χ2n) is 11.0. The van der Waals surface area contributed by atoms with Crippen LogP contribution in [0.15, 0.2) is 53.1 Å². The number of hydrogen-bond donors (Lipinski definition) is 3. The lowest BCUT2D eigenvalue weighted by molar-refractivity contribution is -0.146. The summed E-state index contributed by atoms with van der Waals surface area (Å²) >= 11 is 6.28. The van der Waals surface area contributed by atoms with Gasteiger partial charge in [0.2, 0.25) is 11.8 Å². The molecular formula is C29H25ClFN7O4. The molecule has 0 fully saturated rings. The Morgan fingerprint density at radius 3 is 2.71 bits per heavy atom. The SMILES string of the molecule is CC(C)(Cc1coc([C@@]2(C)C(=O)Nc3nc(-c4nn(Cc5ccccc5F)c5cc(Cl)ccc45)nc(N)c32)n1)C(=O)O. The van der Waals surface area contributed by atoms with Crippen molar-refractivity contribution >= 4 is 46.0 Å². The fourth-order valence-corrected chi connectivity index (χ4v) is 5.25. The summed E-state index contributed by atoms with van der Waals surface area (Å²) in [7, 11) is 0. The molecule has 0 unspecified atom stereocenters. The topological polar surface area (TPSA) is 162 Å². The number of fused-ring (bicyclic) bond motifs is 2. The number of benzene rings is 2. The number of aliphatic carboxylic acids is 1. The van der Waals surface area contributed by atoms with E-state index in [-0.39, 0.29) is 47.7 Å². The molecule has 0 saturated carbocycles. The smallest absolute Gasteiger partial charge is 0.309 e. The fraction of sp³-hybridized carbons (Fsp3) is 0.241. The van der Waals surface area contributed by atoms with E-state index in [1.807, 2.05) is 0 Å². The van der Waals surface area contributed by atoms with Gasteiger partial charge in [-0.2, -0.15) is 5.10 Å². The van der Waals surface area contributed by atoms with E-state index in [1.54, 1.807) is 61.9 Å². The summed E-state index contributed by atoms with van der Waals surface area (Å²) in [5.74, 6) is -1.49. The van der Waals surface area contributed by atoms with Crippen molar-refractivity contribution in [1.29, 1.82) is 0 Å². The second kappa shape index (κ2) is 9.62. The van der Waals surface area contributed by atoms with Gasteiger partial charge >= 0.3 is 5.97 Å². The number of carbonyl (C=O) groups excluding carboxylic acids is 1. The van der Waals surface area contributed by atoms with Crippen molar-refractivity contribution in [3.05, 3.63) is 82.3 Å². The van der Waals surface area contributed by atoms with E-state index in [0.717, 1.165) is 0 Å². The average Bonchev–Trinajstić information content (AvgIpc) is 3.60. The van der Waals surface area contributed by atoms with Crippen LogP contribution in [0, 0.1) is 11.2 Å². The Balaban J connectivity index is 1.42. The zero-order valence-corrected chi connectivity index (χ0v) is 23.5. The van der Waals surface area contributed by atoms with E-state index in [2.05, 4.69) is 25.4 Å². The number of nitrogens with two attached hydrogens (primary N) is 1. The van der Waals surface area contributed by atoms with Crippen LogP contribution in [0.5, 0.6) is 0 Å². The Morgan fingerprint density at radius 2 is 1.98 bits per heavy atom. The van der Waals surface area contributed by atoms with Crippen LogP contribution < -0.4 is 11.1 Å². The molecule has 6 rings (SSSR count). The molecule has 2 aromatic carbocycles. The molecule has 0 saturated heterocycles. The molecule has 42 heavy (non-hydrogen) atoms. The third kappa shape index (κ3) is 4.35. The number of carboxylic acids is 1. The van der Waals surface area contributed by atoms with E-state index < -0.39 is 22.7 Å². The van der Waals surface area contributed by atoms with Crippen molar-refractivity contribution in [2.24, 2.45) is 5.41 Å². The molecule has 1 amide bonds. The molecule has 0 radical (unpaired) electrons. The maximum absolute atomic E-state index is 14.5. The first-order valence-corrected chi connectivity index (χ1v) is 13.3. The van der Waals surface area contributed by atoms with Gasteiger partial charge in [0.15, 0.2) is 11.2 Å². The summed E-state index contributed by atoms with van der Waals surface area (Å²) in [5.41, 5.74) is 5.98. The number of nitrogens with zero attached hydrogens (tertiary/aromatic N) is 5. The van der Waals surface area contributed by atoms with Gasteiger partial charge in [0.05, 0.1) is 28.7 Å². The quantitative estimate of drug-likeness (QED) is 0.242. The maximum atomic E-state index is 14.5. The highest BCUT2D eigenvalue weighted by Crippen LogP contribution is 2.45. The van der Waals surface area contributed by atoms with Crippen molar-refractivity contribution in [2.45, 2.75) is 39.2 Å². The number of rotatable bonds is 7. The van der Waals surface area contributed by atoms with E-state index in [4.69, 9.17) is 21.8 Å². The zero-order chi connectivity index (χ0) is 30.0. The van der Waals surface area contributed by atoms with Gasteiger partial charge < -0.3 is 20.6 Å². The highest BCUT2D eigenvalue weighted by Gasteiger charge is 2.51. The van der Waals surface area contributed by atoms with E-state index in [1.165, 1.54) is 12.3 Å². The Kier molecular flexibility index (Phi) is 6.26. The van der Waals surface area contributed by atoms with Crippen LogP contribution in [0.2, 0.25) is 5.02 Å². The first-order chi connectivity index (χ1) is 19.9. The normalized spacial score (nSPS) is 16.5. The summed E-state index contributed by atoms with van der Waals surface area (Å²) in [6, 6.07) is 11.6. The molecule has 0 bridgehead atoms. The van der Waals surface area contributed by atoms with E-state index >= 15 is 0 Å². The van der Waals surface area contributed by atoms with Crippen molar-refractivity contribution in [3.63, 3.8) is 0 Å². The van der Waals surface area contributed by atoms with Gasteiger partial charge in [0, 0.05) is 22.4 Å². The number of hydrogen-bond acceptors (Lipinski definition) is 8. The van der Waals surface area contributed by atoms with Crippen LogP contribution in [0.3, 0.4) is 0 Å². The molecule has 0 aliphatic carbocycles. The predicted molar refractivity (Wildman–Crippen MR) is 152 cm³/mol. The average molecular weight is 590 g/mol. The number of anilines is 2. The molecule has 0 spiro atoms. The third-order valence-corrected chi connectivity index (χ3v) is 7.74. The molecule has 3 aromatic heterocycles. The summed E-state index contributed by atoms with van der Waals surface area (Å²) in [5, 5.41) is 18.0. The molecule has 11 nitrogen and oxygen atoms in total. The molecule has 214 valence electrons. The molecule has 1 aliphatic heterocycles. The number of amides is 1. The van der Waals surface area contributed by atoms with Gasteiger partial charge in [-0.05, 0) is 45.0 Å². The fourth-order valence-electron chi connectivity index (χ4n) is 5.08. The summed E-state index contributed by atoms with van der Waals surface area (Å²) < 4.78 is 21.8. The molecule has 4 N–H and O–H groups in total. The van der Waals surface area contributed by atoms with Crippen LogP contribution in [0.1, 0.15) is 43.5 Å². The van der Waals surface area contributed by atoms with Crippen molar-refractivity contribution < 1.29 is 23.5 Å². The maximum Gasteiger partial charge on any atom is 0.309 e. The molecule has 13 heteroatoms. The Bertz CT molecular complexity index is 1920. The minimum absolute atomic E-state index is 0.00670. The lowest BCUT2D eigenvalue weighted by atomic mass is 9.84. The standard InChI is InChI=1S/C29H25ClFN7O4/c1-28(2,27(40)41)11-16-13-42-26(33-16)29(3)20-22(32)34-24(35-23(20)36-25(29)39)21-17-9-8-15(30)10-19(17)38(37-21)12-14-6-4-5-7-18(14)31/h4-10,13H,11-12H2,1-3H3,(H,40,41)(H3,32,34,35,36,39)/t29-/m1/s1. The zero-order valence-electron chi connectivity index (χ0n) is 22.8. The summed E-state index contributed by atoms with van der Waals surface area (Å²) in [4.78, 5) is 38.5. The van der Waals surface area contributed by atoms with Crippen molar-refractivity contribution in [3.8, 4) is 11.5 Å². The van der Waals surface area contributed by atoms with Crippen LogP contribution in [-0.4, -0.2) is 41.7 Å². The van der Waals surface area contributed by atoms with Crippen LogP contribution in [0.4, 0.5) is 16.0 Å². The monoisotopic (exact) mass is 589 g/mol. The van der Waals surface area contributed by atoms with Gasteiger partial charge in [0.25, 0.3) is 0 Å². The molecule has 1 aliphatic rings. The first-order valence-electron chi connectivity index (χ1n) is 13.0. The number of halogens is 2. The number of aromatic nitrogens is 5. The molecule has 4 heterocycles. The Hall–Kier alpha value is -4.84. The third-order valence-electron chi connectivity index (χ3n) is 7.51. The lowest BCUT2D eigenvalue weighted by Gasteiger charge is -2.19. The van der Waals surface area contributed by atoms with Gasteiger partial charge in [-0.25, -0.2) is 19.3 Å². The lowest BCUT2D eigenvalue weighted by Crippen LogP contribution is -2.33. The minimum atomic E-state index is -1.47. The Labute approximate surface area is 243 Å². The van der Waals surface area contributed by atoms with Crippen LogP contribution in [-0.2, 0) is 28.0 Å². The predicted octanol–water partition coefficient (Wildman–Crippen LogP) is 4.82. The number of carbonyl (C=O) groups is 2. The van der Waals surface area contributed by atoms with Gasteiger partial charge in [-0.3, -0.25) is 14.3 Å². The second-order valence-corrected chi connectivity index (χ2v) is 11.4. The molecular weight excluding hydrogens is 565 g/mol. The van der Waals surface area contributed by atoms with Crippen molar-refractivity contribution in [2.75, 3.05) is 11.1 Å². The van der Waals surface area contributed by atoms with E-state index in [0.29, 0.717) is 32.9 Å². The summed E-state index contributed by atoms with van der Waals surface area (Å²) in [6.45, 7) is 4.87.